The van der Waals surface area contributed by atoms with Crippen molar-refractivity contribution >= 4 is 16.8 Å². The molecule has 0 bridgehead atoms. The summed E-state index contributed by atoms with van der Waals surface area (Å²) in [5, 5.41) is 8.95. The standard InChI is InChI=1S/C21H25N5O/c27-21(16-4-5-16)23-10-15-11-25(14-18-6-9-24-26(18)12-15)13-17-2-1-3-20-19(17)7-8-22-20/h1-3,6-9,15-16,22H,4-5,10-14H2,(H,23,27)/t15-/m1/s1. The highest BCUT2D eigenvalue weighted by Gasteiger charge is 2.30. The molecule has 1 atom stereocenters. The Morgan fingerprint density at radius 3 is 3.04 bits per heavy atom. The molecule has 1 aliphatic heterocycles. The van der Waals surface area contributed by atoms with Gasteiger partial charge in [0.25, 0.3) is 0 Å². The minimum absolute atomic E-state index is 0.226. The molecule has 0 radical (unpaired) electrons. The smallest absolute Gasteiger partial charge is 0.223 e. The van der Waals surface area contributed by atoms with Crippen molar-refractivity contribution in [1.29, 1.82) is 0 Å². The van der Waals surface area contributed by atoms with Crippen LogP contribution in [0, 0.1) is 11.8 Å². The Balaban J connectivity index is 1.34. The van der Waals surface area contributed by atoms with Gasteiger partial charge in [0, 0.05) is 67.9 Å². The van der Waals surface area contributed by atoms with Gasteiger partial charge in [-0.1, -0.05) is 12.1 Å². The lowest BCUT2D eigenvalue weighted by molar-refractivity contribution is -0.122. The van der Waals surface area contributed by atoms with Gasteiger partial charge in [-0.3, -0.25) is 14.4 Å². The van der Waals surface area contributed by atoms with Crippen LogP contribution in [0.15, 0.2) is 42.7 Å². The first-order chi connectivity index (χ1) is 13.3. The fraction of sp³-hybridized carbons (Fsp3) is 0.429. The van der Waals surface area contributed by atoms with Gasteiger partial charge in [0.1, 0.15) is 0 Å². The largest absolute Gasteiger partial charge is 0.361 e. The van der Waals surface area contributed by atoms with Gasteiger partial charge in [-0.2, -0.15) is 5.10 Å². The summed E-state index contributed by atoms with van der Waals surface area (Å²) >= 11 is 0. The molecule has 1 fully saturated rings. The van der Waals surface area contributed by atoms with E-state index in [2.05, 4.69) is 55.3 Å². The van der Waals surface area contributed by atoms with E-state index in [4.69, 9.17) is 0 Å². The van der Waals surface area contributed by atoms with Crippen LogP contribution in [-0.4, -0.2) is 38.7 Å². The number of benzene rings is 1. The Morgan fingerprint density at radius 1 is 1.22 bits per heavy atom. The Hall–Kier alpha value is -2.60. The van der Waals surface area contributed by atoms with E-state index < -0.39 is 0 Å². The third kappa shape index (κ3) is 3.49. The zero-order valence-electron chi connectivity index (χ0n) is 15.4. The lowest BCUT2D eigenvalue weighted by atomic mass is 10.1. The van der Waals surface area contributed by atoms with E-state index in [1.165, 1.54) is 22.2 Å². The molecule has 2 N–H and O–H groups in total. The molecular weight excluding hydrogens is 338 g/mol. The van der Waals surface area contributed by atoms with Crippen molar-refractivity contribution in [3.63, 3.8) is 0 Å². The van der Waals surface area contributed by atoms with Gasteiger partial charge in [0.2, 0.25) is 5.91 Å². The van der Waals surface area contributed by atoms with Crippen LogP contribution >= 0.6 is 0 Å². The molecule has 0 saturated heterocycles. The normalized spacial score (nSPS) is 20.4. The lowest BCUT2D eigenvalue weighted by Crippen LogP contribution is -2.37. The Bertz CT molecular complexity index is 954. The fourth-order valence-electron chi connectivity index (χ4n) is 4.13. The predicted molar refractivity (Wildman–Crippen MR) is 104 cm³/mol. The molecule has 1 saturated carbocycles. The summed E-state index contributed by atoms with van der Waals surface area (Å²) in [7, 11) is 0. The SMILES string of the molecule is O=C(NC[C@@H]1CN(Cc2cccc3[nH]ccc23)Cc2ccnn2C1)C1CC1. The third-order valence-corrected chi connectivity index (χ3v) is 5.73. The van der Waals surface area contributed by atoms with Crippen molar-refractivity contribution in [3.05, 3.63) is 54.0 Å². The van der Waals surface area contributed by atoms with E-state index in [1.54, 1.807) is 0 Å². The van der Waals surface area contributed by atoms with E-state index in [0.29, 0.717) is 5.92 Å². The molecule has 5 rings (SSSR count). The van der Waals surface area contributed by atoms with E-state index >= 15 is 0 Å². The van der Waals surface area contributed by atoms with Crippen molar-refractivity contribution in [2.24, 2.45) is 11.8 Å². The summed E-state index contributed by atoms with van der Waals surface area (Å²) in [6.45, 7) is 4.31. The van der Waals surface area contributed by atoms with Gasteiger partial charge in [-0.05, 0) is 36.6 Å². The zero-order chi connectivity index (χ0) is 18.2. The van der Waals surface area contributed by atoms with Gasteiger partial charge in [-0.15, -0.1) is 0 Å². The summed E-state index contributed by atoms with van der Waals surface area (Å²) in [6.07, 6.45) is 5.98. The molecule has 3 heterocycles. The molecule has 27 heavy (non-hydrogen) atoms. The molecule has 2 aromatic heterocycles. The number of hydrogen-bond donors (Lipinski definition) is 2. The molecule has 1 amide bonds. The molecule has 3 aromatic rings. The van der Waals surface area contributed by atoms with Gasteiger partial charge in [0.05, 0.1) is 5.69 Å². The molecule has 1 aliphatic carbocycles. The third-order valence-electron chi connectivity index (χ3n) is 5.73. The van der Waals surface area contributed by atoms with Crippen LogP contribution in [0.1, 0.15) is 24.1 Å². The number of nitrogens with one attached hydrogen (secondary N) is 2. The first-order valence-corrected chi connectivity index (χ1v) is 9.82. The van der Waals surface area contributed by atoms with Crippen molar-refractivity contribution in [2.45, 2.75) is 32.5 Å². The molecule has 140 valence electrons. The molecule has 6 nitrogen and oxygen atoms in total. The van der Waals surface area contributed by atoms with Crippen molar-refractivity contribution in [1.82, 2.24) is 25.0 Å². The summed E-state index contributed by atoms with van der Waals surface area (Å²) in [5.74, 6) is 0.848. The van der Waals surface area contributed by atoms with E-state index in [-0.39, 0.29) is 11.8 Å². The Morgan fingerprint density at radius 2 is 2.15 bits per heavy atom. The van der Waals surface area contributed by atoms with Gasteiger partial charge >= 0.3 is 0 Å². The van der Waals surface area contributed by atoms with Gasteiger partial charge in [0.15, 0.2) is 0 Å². The molecule has 0 spiro atoms. The quantitative estimate of drug-likeness (QED) is 0.732. The first kappa shape index (κ1) is 16.6. The number of rotatable bonds is 5. The predicted octanol–water partition coefficient (Wildman–Crippen LogP) is 2.52. The maximum atomic E-state index is 12.1. The van der Waals surface area contributed by atoms with Crippen LogP contribution in [0.3, 0.4) is 0 Å². The van der Waals surface area contributed by atoms with Crippen LogP contribution in [0.5, 0.6) is 0 Å². The van der Waals surface area contributed by atoms with Crippen LogP contribution in [-0.2, 0) is 24.4 Å². The minimum atomic E-state index is 0.226. The van der Waals surface area contributed by atoms with Crippen LogP contribution in [0.2, 0.25) is 0 Å². The van der Waals surface area contributed by atoms with Crippen LogP contribution < -0.4 is 5.32 Å². The molecule has 1 aromatic carbocycles. The topological polar surface area (TPSA) is 66.0 Å². The van der Waals surface area contributed by atoms with Crippen LogP contribution in [0.25, 0.3) is 10.9 Å². The maximum absolute atomic E-state index is 12.1. The van der Waals surface area contributed by atoms with Gasteiger partial charge in [-0.25, -0.2) is 0 Å². The second-order valence-electron chi connectivity index (χ2n) is 7.92. The molecule has 2 aliphatic rings. The Labute approximate surface area is 158 Å². The highest BCUT2D eigenvalue weighted by atomic mass is 16.2. The number of aromatic amines is 1. The van der Waals surface area contributed by atoms with E-state index in [0.717, 1.165) is 45.6 Å². The van der Waals surface area contributed by atoms with Crippen molar-refractivity contribution in [3.8, 4) is 0 Å². The molecular formula is C21H25N5O. The number of hydrogen-bond acceptors (Lipinski definition) is 3. The molecule has 6 heteroatoms. The lowest BCUT2D eigenvalue weighted by Gasteiger charge is -2.24. The van der Waals surface area contributed by atoms with Gasteiger partial charge < -0.3 is 10.3 Å². The highest BCUT2D eigenvalue weighted by Crippen LogP contribution is 2.29. The Kier molecular flexibility index (Phi) is 4.20. The number of nitrogens with zero attached hydrogens (tertiary/aromatic N) is 3. The summed E-state index contributed by atoms with van der Waals surface area (Å²) < 4.78 is 2.10. The average Bonchev–Trinajstić information content (AvgIpc) is 3.30. The number of H-pyrrole nitrogens is 1. The summed E-state index contributed by atoms with van der Waals surface area (Å²) in [6, 6.07) is 10.7. The number of carbonyl (C=O) groups excluding carboxylic acids is 1. The average molecular weight is 363 g/mol. The number of fused-ring (bicyclic) bond motifs is 2. The first-order valence-electron chi connectivity index (χ1n) is 9.82. The number of carbonyl (C=O) groups is 1. The van der Waals surface area contributed by atoms with E-state index in [9.17, 15) is 4.79 Å². The number of amides is 1. The highest BCUT2D eigenvalue weighted by molar-refractivity contribution is 5.82. The van der Waals surface area contributed by atoms with Crippen molar-refractivity contribution < 1.29 is 4.79 Å². The van der Waals surface area contributed by atoms with Crippen LogP contribution in [0.4, 0.5) is 0 Å². The van der Waals surface area contributed by atoms with Crippen molar-refractivity contribution in [2.75, 3.05) is 13.1 Å². The van der Waals surface area contributed by atoms with E-state index in [1.807, 2.05) is 12.4 Å². The second kappa shape index (κ2) is 6.85. The molecule has 0 unspecified atom stereocenters. The zero-order valence-corrected chi connectivity index (χ0v) is 15.4. The summed E-state index contributed by atoms with van der Waals surface area (Å²) in [5.41, 5.74) is 3.76. The monoisotopic (exact) mass is 363 g/mol. The maximum Gasteiger partial charge on any atom is 0.223 e. The second-order valence-corrected chi connectivity index (χ2v) is 7.92. The summed E-state index contributed by atoms with van der Waals surface area (Å²) in [4.78, 5) is 17.8. The minimum Gasteiger partial charge on any atom is -0.361 e. The fourth-order valence-corrected chi connectivity index (χ4v) is 4.13. The number of aromatic nitrogens is 3.